The number of hydrogen-bond donors (Lipinski definition) is 1. The van der Waals surface area contributed by atoms with Crippen LogP contribution in [0.15, 0.2) is 18.3 Å². The highest BCUT2D eigenvalue weighted by Crippen LogP contribution is 2.29. The fraction of sp³-hybridized carbons (Fsp3) is 0.400. The molecule has 0 aromatic carbocycles. The van der Waals surface area contributed by atoms with Crippen LogP contribution < -0.4 is 0 Å². The largest absolute Gasteiger partial charge is 0.493 e. The molecule has 0 atom stereocenters. The third kappa shape index (κ3) is 4.34. The van der Waals surface area contributed by atoms with Gasteiger partial charge in [-0.3, -0.25) is 4.79 Å². The van der Waals surface area contributed by atoms with Crippen molar-refractivity contribution in [2.24, 2.45) is 7.05 Å². The van der Waals surface area contributed by atoms with Gasteiger partial charge in [-0.2, -0.15) is 18.3 Å². The van der Waals surface area contributed by atoms with Gasteiger partial charge in [-0.25, -0.2) is 9.67 Å². The number of nitrogens with zero attached hydrogens (tertiary/aromatic N) is 3. The molecule has 0 aliphatic carbocycles. The Hall–Kier alpha value is -2.46. The van der Waals surface area contributed by atoms with Gasteiger partial charge in [0, 0.05) is 19.7 Å². The molecule has 136 valence electrons. The highest BCUT2D eigenvalue weighted by Gasteiger charge is 2.34. The monoisotopic (exact) mass is 359 g/mol. The Bertz CT molecular complexity index is 759. The van der Waals surface area contributed by atoms with Crippen molar-refractivity contribution in [2.45, 2.75) is 12.8 Å². The molecule has 0 fully saturated rings. The SMILES string of the molecule is COCCOCc1nc(C(F)(F)F)ccc1C(=O)c1cnn(C)c1O. The lowest BCUT2D eigenvalue weighted by atomic mass is 10.0. The molecule has 0 saturated carbocycles. The first kappa shape index (κ1) is 18.9. The maximum absolute atomic E-state index is 12.9. The molecule has 2 aromatic rings. The molecular weight excluding hydrogens is 343 g/mol. The molecule has 0 radical (unpaired) electrons. The molecular formula is C15H16F3N3O4. The van der Waals surface area contributed by atoms with Gasteiger partial charge in [-0.05, 0) is 12.1 Å². The third-order valence-electron chi connectivity index (χ3n) is 3.33. The van der Waals surface area contributed by atoms with E-state index in [4.69, 9.17) is 9.47 Å². The van der Waals surface area contributed by atoms with E-state index in [-0.39, 0.29) is 36.6 Å². The van der Waals surface area contributed by atoms with E-state index in [9.17, 15) is 23.1 Å². The van der Waals surface area contributed by atoms with Crippen LogP contribution in [0.5, 0.6) is 5.88 Å². The summed E-state index contributed by atoms with van der Waals surface area (Å²) < 4.78 is 49.7. The number of alkyl halides is 3. The lowest BCUT2D eigenvalue weighted by Gasteiger charge is -2.12. The summed E-state index contributed by atoms with van der Waals surface area (Å²) >= 11 is 0. The highest BCUT2D eigenvalue weighted by molar-refractivity contribution is 6.10. The Kier molecular flexibility index (Phi) is 5.75. The number of aromatic hydroxyl groups is 1. The molecule has 2 heterocycles. The second-order valence-electron chi connectivity index (χ2n) is 5.07. The van der Waals surface area contributed by atoms with Crippen molar-refractivity contribution in [3.8, 4) is 5.88 Å². The van der Waals surface area contributed by atoms with Crippen LogP contribution in [-0.4, -0.2) is 46.0 Å². The minimum atomic E-state index is -4.65. The second-order valence-corrected chi connectivity index (χ2v) is 5.07. The van der Waals surface area contributed by atoms with Crippen LogP contribution in [0.1, 0.15) is 27.3 Å². The summed E-state index contributed by atoms with van der Waals surface area (Å²) in [6.45, 7) is 0.0568. The first-order valence-corrected chi connectivity index (χ1v) is 7.15. The van der Waals surface area contributed by atoms with Gasteiger partial charge >= 0.3 is 6.18 Å². The number of ketones is 1. The molecule has 0 amide bonds. The van der Waals surface area contributed by atoms with E-state index in [0.29, 0.717) is 6.07 Å². The molecule has 0 bridgehead atoms. The van der Waals surface area contributed by atoms with E-state index in [1.807, 2.05) is 0 Å². The second kappa shape index (κ2) is 7.62. The molecule has 0 aliphatic heterocycles. The quantitative estimate of drug-likeness (QED) is 0.601. The number of aromatic nitrogens is 3. The van der Waals surface area contributed by atoms with Gasteiger partial charge in [0.25, 0.3) is 0 Å². The van der Waals surface area contributed by atoms with Crippen LogP contribution in [-0.2, 0) is 29.3 Å². The summed E-state index contributed by atoms with van der Waals surface area (Å²) in [5, 5.41) is 13.6. The van der Waals surface area contributed by atoms with Crippen LogP contribution in [0.3, 0.4) is 0 Å². The number of carbonyl (C=O) groups excluding carboxylic acids is 1. The van der Waals surface area contributed by atoms with E-state index < -0.39 is 23.5 Å². The van der Waals surface area contributed by atoms with Crippen LogP contribution in [0, 0.1) is 0 Å². The molecule has 7 nitrogen and oxygen atoms in total. The molecule has 0 unspecified atom stereocenters. The fourth-order valence-corrected chi connectivity index (χ4v) is 2.02. The summed E-state index contributed by atoms with van der Waals surface area (Å²) in [6, 6.07) is 1.72. The third-order valence-corrected chi connectivity index (χ3v) is 3.33. The lowest BCUT2D eigenvalue weighted by Crippen LogP contribution is -2.15. The molecule has 10 heteroatoms. The molecule has 1 N–H and O–H groups in total. The zero-order valence-electron chi connectivity index (χ0n) is 13.5. The van der Waals surface area contributed by atoms with Gasteiger partial charge in [0.05, 0.1) is 31.7 Å². The number of rotatable bonds is 7. The average Bonchev–Trinajstić information content (AvgIpc) is 2.89. The van der Waals surface area contributed by atoms with Gasteiger partial charge < -0.3 is 14.6 Å². The maximum atomic E-state index is 12.9. The molecule has 2 rings (SSSR count). The Morgan fingerprint density at radius 3 is 2.56 bits per heavy atom. The maximum Gasteiger partial charge on any atom is 0.433 e. The van der Waals surface area contributed by atoms with E-state index in [1.165, 1.54) is 14.2 Å². The lowest BCUT2D eigenvalue weighted by molar-refractivity contribution is -0.141. The number of carbonyl (C=O) groups is 1. The number of aryl methyl sites for hydroxylation is 1. The van der Waals surface area contributed by atoms with E-state index in [0.717, 1.165) is 16.9 Å². The normalized spacial score (nSPS) is 11.7. The number of halogens is 3. The Morgan fingerprint density at radius 1 is 1.28 bits per heavy atom. The molecule has 0 saturated heterocycles. The van der Waals surface area contributed by atoms with E-state index in [2.05, 4.69) is 10.1 Å². The molecule has 0 spiro atoms. The summed E-state index contributed by atoms with van der Waals surface area (Å²) in [5.74, 6) is -1.09. The minimum Gasteiger partial charge on any atom is -0.493 e. The first-order valence-electron chi connectivity index (χ1n) is 7.15. The van der Waals surface area contributed by atoms with Crippen molar-refractivity contribution in [1.82, 2.24) is 14.8 Å². The smallest absolute Gasteiger partial charge is 0.433 e. The standard InChI is InChI=1S/C15H16F3N3O4/c1-21-14(23)10(7-19-21)13(22)9-3-4-12(15(16,17)18)20-11(9)8-25-6-5-24-2/h3-4,7,23H,5-6,8H2,1-2H3. The number of pyridine rings is 1. The minimum absolute atomic E-state index is 0.103. The predicted octanol–water partition coefficient (Wildman–Crippen LogP) is 1.93. The van der Waals surface area contributed by atoms with Crippen molar-refractivity contribution in [3.63, 3.8) is 0 Å². The van der Waals surface area contributed by atoms with Gasteiger partial charge in [0.15, 0.2) is 0 Å². The highest BCUT2D eigenvalue weighted by atomic mass is 19.4. The average molecular weight is 359 g/mol. The number of methoxy groups -OCH3 is 1. The van der Waals surface area contributed by atoms with Crippen molar-refractivity contribution >= 4 is 5.78 Å². The van der Waals surface area contributed by atoms with E-state index in [1.54, 1.807) is 0 Å². The topological polar surface area (TPSA) is 86.5 Å². The van der Waals surface area contributed by atoms with Crippen molar-refractivity contribution in [3.05, 3.63) is 40.8 Å². The summed E-state index contributed by atoms with van der Waals surface area (Å²) in [6.07, 6.45) is -3.52. The first-order chi connectivity index (χ1) is 11.8. The molecule has 0 aliphatic rings. The summed E-state index contributed by atoms with van der Waals surface area (Å²) in [5.41, 5.74) is -1.56. The molecule has 2 aromatic heterocycles. The molecule has 25 heavy (non-hydrogen) atoms. The Balaban J connectivity index is 2.38. The van der Waals surface area contributed by atoms with Gasteiger partial charge in [-0.15, -0.1) is 0 Å². The van der Waals surface area contributed by atoms with Crippen molar-refractivity contribution < 1.29 is 32.5 Å². The summed E-state index contributed by atoms with van der Waals surface area (Å²) in [4.78, 5) is 16.0. The van der Waals surface area contributed by atoms with E-state index >= 15 is 0 Å². The number of hydrogen-bond acceptors (Lipinski definition) is 6. The zero-order chi connectivity index (χ0) is 18.6. The van der Waals surface area contributed by atoms with Gasteiger partial charge in [-0.1, -0.05) is 0 Å². The van der Waals surface area contributed by atoms with Crippen LogP contribution in [0.25, 0.3) is 0 Å². The summed E-state index contributed by atoms with van der Waals surface area (Å²) in [7, 11) is 2.87. The number of ether oxygens (including phenoxy) is 2. The van der Waals surface area contributed by atoms with Crippen LogP contribution in [0.2, 0.25) is 0 Å². The Labute approximate surface area is 141 Å². The zero-order valence-corrected chi connectivity index (χ0v) is 13.5. The fourth-order valence-electron chi connectivity index (χ4n) is 2.02. The van der Waals surface area contributed by atoms with Gasteiger partial charge in [0.2, 0.25) is 11.7 Å². The van der Waals surface area contributed by atoms with Gasteiger partial charge in [0.1, 0.15) is 11.3 Å². The van der Waals surface area contributed by atoms with Crippen molar-refractivity contribution in [2.75, 3.05) is 20.3 Å². The van der Waals surface area contributed by atoms with Crippen LogP contribution in [0.4, 0.5) is 13.2 Å². The predicted molar refractivity (Wildman–Crippen MR) is 79.1 cm³/mol. The van der Waals surface area contributed by atoms with Crippen molar-refractivity contribution in [1.29, 1.82) is 0 Å². The Morgan fingerprint density at radius 2 is 2.00 bits per heavy atom. The van der Waals surface area contributed by atoms with Crippen LogP contribution >= 0.6 is 0 Å².